The van der Waals surface area contributed by atoms with E-state index in [0.29, 0.717) is 13.0 Å². The summed E-state index contributed by atoms with van der Waals surface area (Å²) in [5.41, 5.74) is 0. The topological polar surface area (TPSA) is 95.5 Å². The average Bonchev–Trinajstić information content (AvgIpc) is 2.61. The number of carboxylic acid groups (broad SMARTS) is 1. The minimum atomic E-state index is -0.930. The molecule has 0 aromatic carbocycles. The predicted molar refractivity (Wildman–Crippen MR) is 59.1 cm³/mol. The van der Waals surface area contributed by atoms with Crippen molar-refractivity contribution < 1.29 is 19.5 Å². The fraction of sp³-hybridized carbons (Fsp3) is 0.667. The highest BCUT2D eigenvalue weighted by Gasteiger charge is 2.20. The summed E-state index contributed by atoms with van der Waals surface area (Å²) >= 11 is 1.05. The number of aliphatic carboxylic acids is 1. The van der Waals surface area contributed by atoms with Crippen molar-refractivity contribution in [2.75, 3.05) is 18.1 Å². The van der Waals surface area contributed by atoms with E-state index in [1.807, 2.05) is 0 Å². The van der Waals surface area contributed by atoms with Crippen LogP contribution in [0.2, 0.25) is 0 Å². The molecule has 0 saturated carbocycles. The molecule has 1 fully saturated rings. The summed E-state index contributed by atoms with van der Waals surface area (Å²) < 4.78 is 0. The molecular weight excluding hydrogens is 232 g/mol. The van der Waals surface area contributed by atoms with Crippen LogP contribution in [0.15, 0.2) is 0 Å². The molecule has 0 spiro atoms. The molecular formula is C9H14N2O4S. The summed E-state index contributed by atoms with van der Waals surface area (Å²) in [5, 5.41) is 13.7. The van der Waals surface area contributed by atoms with E-state index in [1.165, 1.54) is 0 Å². The summed E-state index contributed by atoms with van der Waals surface area (Å²) in [4.78, 5) is 32.3. The Hall–Kier alpha value is -1.24. The first-order chi connectivity index (χ1) is 7.58. The van der Waals surface area contributed by atoms with Crippen LogP contribution in [0.5, 0.6) is 0 Å². The Labute approximate surface area is 97.2 Å². The molecule has 1 aliphatic heterocycles. The van der Waals surface area contributed by atoms with Crippen molar-refractivity contribution in [3.05, 3.63) is 0 Å². The van der Waals surface area contributed by atoms with Crippen LogP contribution < -0.4 is 10.6 Å². The molecule has 1 saturated heterocycles. The second-order valence-corrected chi connectivity index (χ2v) is 4.48. The van der Waals surface area contributed by atoms with Gasteiger partial charge >= 0.3 is 5.97 Å². The largest absolute Gasteiger partial charge is 0.481 e. The number of thioether (sulfide) groups is 1. The smallest absolute Gasteiger partial charge is 0.313 e. The lowest BCUT2D eigenvalue weighted by Gasteiger charge is -2.10. The molecule has 3 N–H and O–H groups in total. The van der Waals surface area contributed by atoms with Crippen LogP contribution in [-0.2, 0) is 14.4 Å². The van der Waals surface area contributed by atoms with Gasteiger partial charge in [0.2, 0.25) is 11.8 Å². The van der Waals surface area contributed by atoms with Crippen molar-refractivity contribution in [1.29, 1.82) is 0 Å². The van der Waals surface area contributed by atoms with Gasteiger partial charge in [-0.2, -0.15) is 0 Å². The molecule has 0 aromatic heterocycles. The molecule has 90 valence electrons. The molecule has 1 aliphatic rings. The van der Waals surface area contributed by atoms with E-state index in [-0.39, 0.29) is 29.4 Å². The second kappa shape index (κ2) is 6.37. The monoisotopic (exact) mass is 246 g/mol. The van der Waals surface area contributed by atoms with Crippen molar-refractivity contribution in [2.24, 2.45) is 0 Å². The number of hydrogen-bond acceptors (Lipinski definition) is 4. The van der Waals surface area contributed by atoms with E-state index in [9.17, 15) is 14.4 Å². The first kappa shape index (κ1) is 12.8. The Morgan fingerprint density at radius 1 is 1.50 bits per heavy atom. The SMILES string of the molecule is O=C(O)CSCC(=O)NCC1CCC(=O)N1. The zero-order chi connectivity index (χ0) is 12.0. The number of carboxylic acids is 1. The third-order valence-corrected chi connectivity index (χ3v) is 3.01. The highest BCUT2D eigenvalue weighted by molar-refractivity contribution is 8.00. The lowest BCUT2D eigenvalue weighted by molar-refractivity contribution is -0.133. The van der Waals surface area contributed by atoms with Gasteiger partial charge in [-0.3, -0.25) is 14.4 Å². The van der Waals surface area contributed by atoms with Gasteiger partial charge < -0.3 is 15.7 Å². The molecule has 0 radical (unpaired) electrons. The van der Waals surface area contributed by atoms with Gasteiger partial charge in [-0.25, -0.2) is 0 Å². The molecule has 6 nitrogen and oxygen atoms in total. The quantitative estimate of drug-likeness (QED) is 0.570. The highest BCUT2D eigenvalue weighted by atomic mass is 32.2. The van der Waals surface area contributed by atoms with Crippen LogP contribution >= 0.6 is 11.8 Å². The zero-order valence-electron chi connectivity index (χ0n) is 8.69. The van der Waals surface area contributed by atoms with Crippen LogP contribution in [-0.4, -0.2) is 47.0 Å². The third kappa shape index (κ3) is 5.01. The highest BCUT2D eigenvalue weighted by Crippen LogP contribution is 2.05. The summed E-state index contributed by atoms with van der Waals surface area (Å²) in [6, 6.07) is 0.0147. The van der Waals surface area contributed by atoms with E-state index in [1.54, 1.807) is 0 Å². The van der Waals surface area contributed by atoms with E-state index in [2.05, 4.69) is 10.6 Å². The molecule has 2 amide bonds. The Bertz CT molecular complexity index is 295. The Kier molecular flexibility index (Phi) is 5.10. The van der Waals surface area contributed by atoms with Gasteiger partial charge in [-0.1, -0.05) is 0 Å². The maximum atomic E-state index is 11.2. The number of carbonyl (C=O) groups is 3. The number of hydrogen-bond donors (Lipinski definition) is 3. The second-order valence-electron chi connectivity index (χ2n) is 3.49. The Morgan fingerprint density at radius 3 is 2.81 bits per heavy atom. The van der Waals surface area contributed by atoms with Crippen molar-refractivity contribution >= 4 is 29.5 Å². The fourth-order valence-corrected chi connectivity index (χ4v) is 1.91. The summed E-state index contributed by atoms with van der Waals surface area (Å²) in [7, 11) is 0. The Balaban J connectivity index is 2.06. The summed E-state index contributed by atoms with van der Waals surface area (Å²) in [5.74, 6) is -1.06. The minimum Gasteiger partial charge on any atom is -0.481 e. The molecule has 1 rings (SSSR count). The lowest BCUT2D eigenvalue weighted by Crippen LogP contribution is -2.39. The number of nitrogens with one attached hydrogen (secondary N) is 2. The predicted octanol–water partition coefficient (Wildman–Crippen LogP) is -0.801. The lowest BCUT2D eigenvalue weighted by atomic mass is 10.2. The number of carbonyl (C=O) groups excluding carboxylic acids is 2. The molecule has 1 unspecified atom stereocenters. The van der Waals surface area contributed by atoms with Crippen LogP contribution in [0.3, 0.4) is 0 Å². The van der Waals surface area contributed by atoms with Gasteiger partial charge in [-0.05, 0) is 6.42 Å². The minimum absolute atomic E-state index is 0.0134. The van der Waals surface area contributed by atoms with Crippen LogP contribution in [0.25, 0.3) is 0 Å². The maximum absolute atomic E-state index is 11.2. The maximum Gasteiger partial charge on any atom is 0.313 e. The molecule has 16 heavy (non-hydrogen) atoms. The van der Waals surface area contributed by atoms with Crippen molar-refractivity contribution in [1.82, 2.24) is 10.6 Å². The molecule has 0 aromatic rings. The molecule has 0 bridgehead atoms. The van der Waals surface area contributed by atoms with Crippen LogP contribution in [0, 0.1) is 0 Å². The molecule has 1 heterocycles. The Morgan fingerprint density at radius 2 is 2.25 bits per heavy atom. The van der Waals surface area contributed by atoms with Gasteiger partial charge in [0.05, 0.1) is 11.5 Å². The standard InChI is InChI=1S/C9H14N2O4S/c12-7-2-1-6(11-7)3-10-8(13)4-16-5-9(14)15/h6H,1-5H2,(H,10,13)(H,11,12)(H,14,15). The summed E-state index contributed by atoms with van der Waals surface area (Å²) in [6.45, 7) is 0.415. The van der Waals surface area contributed by atoms with Gasteiger partial charge in [-0.15, -0.1) is 11.8 Å². The van der Waals surface area contributed by atoms with E-state index in [0.717, 1.165) is 18.2 Å². The van der Waals surface area contributed by atoms with Crippen LogP contribution in [0.1, 0.15) is 12.8 Å². The van der Waals surface area contributed by atoms with Crippen molar-refractivity contribution in [2.45, 2.75) is 18.9 Å². The van der Waals surface area contributed by atoms with Gasteiger partial charge in [0.1, 0.15) is 0 Å². The molecule has 1 atom stereocenters. The zero-order valence-corrected chi connectivity index (χ0v) is 9.51. The van der Waals surface area contributed by atoms with Gasteiger partial charge in [0.25, 0.3) is 0 Å². The summed E-state index contributed by atoms with van der Waals surface area (Å²) in [6.07, 6.45) is 1.25. The van der Waals surface area contributed by atoms with Crippen LogP contribution in [0.4, 0.5) is 0 Å². The molecule has 7 heteroatoms. The fourth-order valence-electron chi connectivity index (χ4n) is 1.35. The molecule has 0 aliphatic carbocycles. The first-order valence-corrected chi connectivity index (χ1v) is 6.09. The van der Waals surface area contributed by atoms with E-state index in [4.69, 9.17) is 5.11 Å². The normalized spacial score (nSPS) is 19.2. The number of rotatable bonds is 6. The van der Waals surface area contributed by atoms with Crippen molar-refractivity contribution in [3.63, 3.8) is 0 Å². The first-order valence-electron chi connectivity index (χ1n) is 4.93. The average molecular weight is 246 g/mol. The third-order valence-electron chi connectivity index (χ3n) is 2.09. The van der Waals surface area contributed by atoms with E-state index >= 15 is 0 Å². The van der Waals surface area contributed by atoms with Gasteiger partial charge in [0.15, 0.2) is 0 Å². The van der Waals surface area contributed by atoms with Crippen molar-refractivity contribution in [3.8, 4) is 0 Å². The number of amides is 2. The van der Waals surface area contributed by atoms with E-state index < -0.39 is 5.97 Å². The van der Waals surface area contributed by atoms with Gasteiger partial charge in [0, 0.05) is 19.0 Å².